The Balaban J connectivity index is 2.04. The average molecular weight is 247 g/mol. The molecule has 0 saturated heterocycles. The quantitative estimate of drug-likeness (QED) is 0.890. The van der Waals surface area contributed by atoms with Crippen molar-refractivity contribution in [2.24, 2.45) is 5.73 Å². The molecule has 1 aromatic carbocycles. The zero-order valence-electron chi connectivity index (χ0n) is 11.2. The van der Waals surface area contributed by atoms with E-state index in [2.05, 4.69) is 19.9 Å². The highest BCUT2D eigenvalue weighted by molar-refractivity contribution is 5.57. The highest BCUT2D eigenvalue weighted by Crippen LogP contribution is 2.43. The molecular formula is C15H21NO2. The number of nitrogens with two attached hydrogens (primary N) is 1. The Morgan fingerprint density at radius 2 is 2.00 bits per heavy atom. The molecule has 2 atom stereocenters. The fraction of sp³-hybridized carbons (Fsp3) is 0.600. The van der Waals surface area contributed by atoms with Crippen molar-refractivity contribution in [1.29, 1.82) is 0 Å². The zero-order chi connectivity index (χ0) is 12.7. The van der Waals surface area contributed by atoms with Crippen LogP contribution in [0.5, 0.6) is 11.5 Å². The molecular weight excluding hydrogens is 226 g/mol. The van der Waals surface area contributed by atoms with Crippen LogP contribution in [0.3, 0.4) is 0 Å². The second kappa shape index (κ2) is 4.47. The molecule has 2 aliphatic heterocycles. The van der Waals surface area contributed by atoms with E-state index in [-0.39, 0.29) is 12.2 Å². The van der Waals surface area contributed by atoms with Crippen LogP contribution in [0.2, 0.25) is 0 Å². The second-order valence-corrected chi connectivity index (χ2v) is 5.48. The van der Waals surface area contributed by atoms with Gasteiger partial charge in [0.05, 0.1) is 0 Å². The number of rotatable bonds is 3. The number of hydrogen-bond acceptors (Lipinski definition) is 3. The van der Waals surface area contributed by atoms with Crippen LogP contribution in [0.25, 0.3) is 0 Å². The van der Waals surface area contributed by atoms with Crippen LogP contribution in [-0.2, 0) is 19.3 Å². The van der Waals surface area contributed by atoms with Gasteiger partial charge in [-0.25, -0.2) is 0 Å². The fourth-order valence-electron chi connectivity index (χ4n) is 3.06. The summed E-state index contributed by atoms with van der Waals surface area (Å²) >= 11 is 0. The summed E-state index contributed by atoms with van der Waals surface area (Å²) in [5.74, 6) is 2.19. The summed E-state index contributed by atoms with van der Waals surface area (Å²) in [6.07, 6.45) is 4.59. The maximum Gasteiger partial charge on any atom is 0.126 e. The lowest BCUT2D eigenvalue weighted by Crippen LogP contribution is -2.08. The van der Waals surface area contributed by atoms with Crippen LogP contribution in [-0.4, -0.2) is 18.8 Å². The molecule has 0 aromatic heterocycles. The Hall–Kier alpha value is -1.22. The molecule has 0 bridgehead atoms. The van der Waals surface area contributed by atoms with Crippen LogP contribution >= 0.6 is 0 Å². The van der Waals surface area contributed by atoms with Crippen molar-refractivity contribution < 1.29 is 9.47 Å². The van der Waals surface area contributed by atoms with E-state index in [0.29, 0.717) is 0 Å². The van der Waals surface area contributed by atoms with E-state index in [1.54, 1.807) is 0 Å². The monoisotopic (exact) mass is 247 g/mol. The maximum atomic E-state index is 6.00. The molecule has 0 aliphatic carbocycles. The number of fused-ring (bicyclic) bond motifs is 2. The highest BCUT2D eigenvalue weighted by Gasteiger charge is 2.30. The predicted molar refractivity (Wildman–Crippen MR) is 71.4 cm³/mol. The normalized spacial score (nSPS) is 24.4. The first kappa shape index (κ1) is 11.8. The number of ether oxygens (including phenoxy) is 2. The average Bonchev–Trinajstić information content (AvgIpc) is 2.85. The minimum Gasteiger partial charge on any atom is -0.490 e. The van der Waals surface area contributed by atoms with E-state index in [1.807, 2.05) is 0 Å². The summed E-state index contributed by atoms with van der Waals surface area (Å²) in [4.78, 5) is 0. The Morgan fingerprint density at radius 1 is 1.22 bits per heavy atom. The highest BCUT2D eigenvalue weighted by atomic mass is 16.5. The Kier molecular flexibility index (Phi) is 2.94. The molecule has 2 N–H and O–H groups in total. The van der Waals surface area contributed by atoms with Crippen molar-refractivity contribution in [3.8, 4) is 11.5 Å². The molecule has 3 rings (SSSR count). The Bertz CT molecular complexity index is 434. The molecule has 2 aliphatic rings. The van der Waals surface area contributed by atoms with Gasteiger partial charge in [-0.3, -0.25) is 0 Å². The van der Waals surface area contributed by atoms with E-state index >= 15 is 0 Å². The molecule has 0 spiro atoms. The van der Waals surface area contributed by atoms with Crippen LogP contribution in [0, 0.1) is 0 Å². The summed E-state index contributed by atoms with van der Waals surface area (Å²) in [6, 6.07) is 2.18. The van der Waals surface area contributed by atoms with E-state index in [0.717, 1.165) is 43.7 Å². The summed E-state index contributed by atoms with van der Waals surface area (Å²) in [7, 11) is 0. The predicted octanol–water partition coefficient (Wildman–Crippen LogP) is 2.22. The molecule has 2 heterocycles. The lowest BCUT2D eigenvalue weighted by molar-refractivity contribution is 0.252. The van der Waals surface area contributed by atoms with Gasteiger partial charge in [0.2, 0.25) is 0 Å². The molecule has 3 heteroatoms. The van der Waals surface area contributed by atoms with E-state index in [9.17, 15) is 0 Å². The van der Waals surface area contributed by atoms with Crippen molar-refractivity contribution in [1.82, 2.24) is 0 Å². The van der Waals surface area contributed by atoms with Crippen LogP contribution < -0.4 is 15.2 Å². The molecule has 3 nitrogen and oxygen atoms in total. The second-order valence-electron chi connectivity index (χ2n) is 5.48. The largest absolute Gasteiger partial charge is 0.490 e. The standard InChI is InChI=1S/C15H21NO2/c1-9-6-11-8-14-13(7-10(2)17-14)12(4-3-5-16)15(11)18-9/h8-10H,3-7,16H2,1-2H3. The van der Waals surface area contributed by atoms with Gasteiger partial charge < -0.3 is 15.2 Å². The minimum absolute atomic E-state index is 0.288. The minimum atomic E-state index is 0.288. The molecule has 1 aromatic rings. The van der Waals surface area contributed by atoms with Crippen LogP contribution in [0.4, 0.5) is 0 Å². The summed E-state index contributed by atoms with van der Waals surface area (Å²) in [6.45, 7) is 4.98. The Morgan fingerprint density at radius 3 is 2.78 bits per heavy atom. The lowest BCUT2D eigenvalue weighted by Gasteiger charge is -2.13. The van der Waals surface area contributed by atoms with E-state index in [4.69, 9.17) is 15.2 Å². The van der Waals surface area contributed by atoms with E-state index in [1.165, 1.54) is 16.7 Å². The third-order valence-corrected chi connectivity index (χ3v) is 3.81. The van der Waals surface area contributed by atoms with Crippen LogP contribution in [0.1, 0.15) is 37.0 Å². The number of hydrogen-bond donors (Lipinski definition) is 1. The third kappa shape index (κ3) is 1.87. The van der Waals surface area contributed by atoms with Gasteiger partial charge in [-0.1, -0.05) is 0 Å². The smallest absolute Gasteiger partial charge is 0.126 e. The molecule has 98 valence electrons. The summed E-state index contributed by atoms with van der Waals surface area (Å²) < 4.78 is 11.9. The van der Waals surface area contributed by atoms with E-state index < -0.39 is 0 Å². The van der Waals surface area contributed by atoms with Crippen molar-refractivity contribution in [3.63, 3.8) is 0 Å². The molecule has 0 amide bonds. The molecule has 0 saturated carbocycles. The SMILES string of the molecule is CC1Cc2c(cc3c(c2CCCN)OC(C)C3)O1. The van der Waals surface area contributed by atoms with Crippen molar-refractivity contribution >= 4 is 0 Å². The lowest BCUT2D eigenvalue weighted by atomic mass is 9.95. The van der Waals surface area contributed by atoms with Gasteiger partial charge in [0.25, 0.3) is 0 Å². The van der Waals surface area contributed by atoms with Gasteiger partial charge in [-0.05, 0) is 39.3 Å². The maximum absolute atomic E-state index is 6.00. The van der Waals surface area contributed by atoms with Crippen molar-refractivity contribution in [2.45, 2.75) is 51.7 Å². The van der Waals surface area contributed by atoms with Gasteiger partial charge in [0, 0.05) is 29.5 Å². The van der Waals surface area contributed by atoms with Gasteiger partial charge in [0.1, 0.15) is 23.7 Å². The fourth-order valence-corrected chi connectivity index (χ4v) is 3.06. The van der Waals surface area contributed by atoms with Crippen molar-refractivity contribution in [2.75, 3.05) is 6.54 Å². The van der Waals surface area contributed by atoms with Gasteiger partial charge >= 0.3 is 0 Å². The van der Waals surface area contributed by atoms with Crippen LogP contribution in [0.15, 0.2) is 6.07 Å². The molecule has 0 radical (unpaired) electrons. The molecule has 18 heavy (non-hydrogen) atoms. The molecule has 2 unspecified atom stereocenters. The van der Waals surface area contributed by atoms with Gasteiger partial charge in [-0.15, -0.1) is 0 Å². The summed E-state index contributed by atoms with van der Waals surface area (Å²) in [5, 5.41) is 0. The zero-order valence-corrected chi connectivity index (χ0v) is 11.2. The van der Waals surface area contributed by atoms with Gasteiger partial charge in [0.15, 0.2) is 0 Å². The van der Waals surface area contributed by atoms with Crippen molar-refractivity contribution in [3.05, 3.63) is 22.8 Å². The number of benzene rings is 1. The first-order chi connectivity index (χ1) is 8.69. The summed E-state index contributed by atoms with van der Waals surface area (Å²) in [5.41, 5.74) is 9.66. The first-order valence-corrected chi connectivity index (χ1v) is 6.90. The Labute approximate surface area is 108 Å². The molecule has 0 fully saturated rings. The topological polar surface area (TPSA) is 44.5 Å². The first-order valence-electron chi connectivity index (χ1n) is 6.90. The third-order valence-electron chi connectivity index (χ3n) is 3.81. The van der Waals surface area contributed by atoms with Gasteiger partial charge in [-0.2, -0.15) is 0 Å².